The van der Waals surface area contributed by atoms with E-state index in [0.29, 0.717) is 17.4 Å². The number of ketones is 1. The van der Waals surface area contributed by atoms with Crippen LogP contribution in [0.2, 0.25) is 0 Å². The van der Waals surface area contributed by atoms with E-state index in [1.54, 1.807) is 0 Å². The van der Waals surface area contributed by atoms with Crippen LogP contribution in [0, 0.1) is 0 Å². The molecule has 0 amide bonds. The molecule has 39 heavy (non-hydrogen) atoms. The molecule has 0 fully saturated rings. The summed E-state index contributed by atoms with van der Waals surface area (Å²) >= 11 is 0. The van der Waals surface area contributed by atoms with Gasteiger partial charge in [-0.1, -0.05) is 115 Å². The third-order valence-corrected chi connectivity index (χ3v) is 11.1. The predicted molar refractivity (Wildman–Crippen MR) is 167 cm³/mol. The number of hydrogen-bond donors (Lipinski definition) is 0. The molecule has 0 N–H and O–H groups in total. The first kappa shape index (κ1) is 26.2. The fraction of sp³-hybridized carbons (Fsp3) is 0.0571. The number of nitrogens with zero attached hydrogens (tertiary/aromatic N) is 2. The van der Waals surface area contributed by atoms with E-state index in [0.717, 1.165) is 11.3 Å². The summed E-state index contributed by atoms with van der Waals surface area (Å²) in [5.41, 5.74) is 2.55. The highest BCUT2D eigenvalue weighted by Gasteiger charge is 2.45. The molecule has 0 heterocycles. The summed E-state index contributed by atoms with van der Waals surface area (Å²) in [5.74, 6) is -0.145. The minimum Gasteiger partial charge on any atom is -0.287 e. The van der Waals surface area contributed by atoms with Crippen molar-refractivity contribution < 1.29 is 4.79 Å². The summed E-state index contributed by atoms with van der Waals surface area (Å²) in [5, 5.41) is 13.2. The third-order valence-electron chi connectivity index (χ3n) is 6.68. The van der Waals surface area contributed by atoms with E-state index in [9.17, 15) is 4.79 Å². The maximum absolute atomic E-state index is 13.5. The van der Waals surface area contributed by atoms with Gasteiger partial charge in [-0.15, -0.1) is 5.10 Å². The lowest BCUT2D eigenvalue weighted by molar-refractivity contribution is 0.106. The molecule has 5 aromatic rings. The topological polar surface area (TPSA) is 41.8 Å². The van der Waals surface area contributed by atoms with E-state index in [-0.39, 0.29) is 5.78 Å². The second-order valence-electron chi connectivity index (χ2n) is 9.32. The first-order valence-electron chi connectivity index (χ1n) is 13.0. The van der Waals surface area contributed by atoms with Crippen molar-refractivity contribution in [3.05, 3.63) is 163 Å². The highest BCUT2D eigenvalue weighted by atomic mass is 31.2. The number of carbonyl (C=O) groups is 1. The molecule has 0 aliphatic rings. The summed E-state index contributed by atoms with van der Waals surface area (Å²) in [6.07, 6.45) is 0.705. The molecule has 0 unspecified atom stereocenters. The molecule has 0 saturated carbocycles. The second kappa shape index (κ2) is 12.4. The Morgan fingerprint density at radius 3 is 1.28 bits per heavy atom. The monoisotopic (exact) mass is 525 g/mol. The van der Waals surface area contributed by atoms with Crippen molar-refractivity contribution in [1.29, 1.82) is 0 Å². The van der Waals surface area contributed by atoms with Gasteiger partial charge in [0.25, 0.3) is 0 Å². The van der Waals surface area contributed by atoms with Crippen molar-refractivity contribution in [2.24, 2.45) is 10.2 Å². The lowest BCUT2D eigenvalue weighted by Crippen LogP contribution is -2.35. The van der Waals surface area contributed by atoms with Crippen LogP contribution < -0.4 is 15.9 Å². The van der Waals surface area contributed by atoms with Gasteiger partial charge < -0.3 is 0 Å². The number of benzene rings is 5. The van der Waals surface area contributed by atoms with Gasteiger partial charge in [0.15, 0.2) is 0 Å². The molecule has 0 aliphatic heterocycles. The SMILES string of the molecule is C/C(C[P+](c1ccccc1)(c1ccccc1)c1ccccc1)=N\N=C(C(=O)c1ccccc1)c1ccccc1. The van der Waals surface area contributed by atoms with Gasteiger partial charge in [0.05, 0.1) is 5.71 Å². The van der Waals surface area contributed by atoms with Crippen LogP contribution in [0.1, 0.15) is 22.8 Å². The summed E-state index contributed by atoms with van der Waals surface area (Å²) in [4.78, 5) is 13.5. The Bertz CT molecular complexity index is 1470. The van der Waals surface area contributed by atoms with E-state index in [2.05, 4.69) is 96.1 Å². The van der Waals surface area contributed by atoms with Crippen LogP contribution in [-0.2, 0) is 0 Å². The van der Waals surface area contributed by atoms with E-state index >= 15 is 0 Å². The zero-order valence-corrected chi connectivity index (χ0v) is 22.8. The van der Waals surface area contributed by atoms with Crippen LogP contribution in [0.5, 0.6) is 0 Å². The Hall–Kier alpha value is -4.46. The minimum absolute atomic E-state index is 0.145. The maximum atomic E-state index is 13.5. The molecule has 3 nitrogen and oxygen atoms in total. The Balaban J connectivity index is 1.63. The Labute approximate surface area is 230 Å². The van der Waals surface area contributed by atoms with E-state index in [1.165, 1.54) is 15.9 Å². The van der Waals surface area contributed by atoms with Crippen LogP contribution in [0.3, 0.4) is 0 Å². The molecule has 5 rings (SSSR count). The first-order valence-corrected chi connectivity index (χ1v) is 15.0. The average Bonchev–Trinajstić information content (AvgIpc) is 3.02. The zero-order valence-electron chi connectivity index (χ0n) is 21.9. The largest absolute Gasteiger partial charge is 0.287 e. The molecular weight excluding hydrogens is 495 g/mol. The lowest BCUT2D eigenvalue weighted by atomic mass is 10.0. The summed E-state index contributed by atoms with van der Waals surface area (Å²) in [7, 11) is -2.11. The molecule has 0 radical (unpaired) electrons. The van der Waals surface area contributed by atoms with Gasteiger partial charge in [0, 0.05) is 11.1 Å². The zero-order chi connectivity index (χ0) is 26.9. The van der Waals surface area contributed by atoms with Crippen molar-refractivity contribution in [3.8, 4) is 0 Å². The smallest absolute Gasteiger partial charge is 0.213 e. The van der Waals surface area contributed by atoms with Crippen LogP contribution >= 0.6 is 7.26 Å². The molecule has 190 valence electrons. The van der Waals surface area contributed by atoms with Crippen molar-refractivity contribution in [1.82, 2.24) is 0 Å². The van der Waals surface area contributed by atoms with Crippen molar-refractivity contribution in [3.63, 3.8) is 0 Å². The lowest BCUT2D eigenvalue weighted by Gasteiger charge is -2.27. The van der Waals surface area contributed by atoms with Crippen LogP contribution in [-0.4, -0.2) is 23.4 Å². The molecule has 5 aromatic carbocycles. The van der Waals surface area contributed by atoms with E-state index < -0.39 is 7.26 Å². The van der Waals surface area contributed by atoms with E-state index in [1.807, 2.05) is 67.6 Å². The molecule has 4 heteroatoms. The van der Waals surface area contributed by atoms with Gasteiger partial charge in [-0.2, -0.15) is 5.10 Å². The van der Waals surface area contributed by atoms with Crippen molar-refractivity contribution in [2.45, 2.75) is 6.92 Å². The minimum atomic E-state index is -2.11. The number of Topliss-reactive ketones (excluding diaryl/α,β-unsaturated/α-hetero) is 1. The van der Waals surface area contributed by atoms with Gasteiger partial charge in [0.2, 0.25) is 5.78 Å². The Morgan fingerprint density at radius 2 is 0.872 bits per heavy atom. The third kappa shape index (κ3) is 5.85. The average molecular weight is 526 g/mol. The standard InChI is InChI=1S/C35H30N2OP/c1-28(36-37-34(29-17-7-2-8-18-29)35(38)30-19-9-3-10-20-30)27-39(31-21-11-4-12-22-31,32-23-13-5-14-24-32)33-25-15-6-16-26-33/h2-26H,27H2,1H3/q+1/b36-28+,37-34?. The van der Waals surface area contributed by atoms with Crippen LogP contribution in [0.4, 0.5) is 0 Å². The fourth-order valence-corrected chi connectivity index (χ4v) is 9.07. The quantitative estimate of drug-likeness (QED) is 0.0911. The normalized spacial score (nSPS) is 12.2. The van der Waals surface area contributed by atoms with Gasteiger partial charge in [0.1, 0.15) is 35.0 Å². The summed E-state index contributed by atoms with van der Waals surface area (Å²) in [6, 6.07) is 50.9. The molecule has 0 spiro atoms. The summed E-state index contributed by atoms with van der Waals surface area (Å²) < 4.78 is 0. The molecule has 0 bridgehead atoms. The Kier molecular flexibility index (Phi) is 8.31. The van der Waals surface area contributed by atoms with Crippen molar-refractivity contribution >= 4 is 40.4 Å². The summed E-state index contributed by atoms with van der Waals surface area (Å²) in [6.45, 7) is 2.02. The number of rotatable bonds is 9. The highest BCUT2D eigenvalue weighted by molar-refractivity contribution is 7.96. The highest BCUT2D eigenvalue weighted by Crippen LogP contribution is 2.55. The molecular formula is C35H30N2OP+. The second-order valence-corrected chi connectivity index (χ2v) is 12.8. The predicted octanol–water partition coefficient (Wildman–Crippen LogP) is 6.73. The van der Waals surface area contributed by atoms with Gasteiger partial charge in [-0.25, -0.2) is 0 Å². The van der Waals surface area contributed by atoms with Gasteiger partial charge >= 0.3 is 0 Å². The number of carbonyl (C=O) groups excluding carboxylic acids is 1. The van der Waals surface area contributed by atoms with Crippen molar-refractivity contribution in [2.75, 3.05) is 6.16 Å². The van der Waals surface area contributed by atoms with Gasteiger partial charge in [-0.05, 0) is 43.3 Å². The molecule has 0 atom stereocenters. The maximum Gasteiger partial charge on any atom is 0.213 e. The fourth-order valence-electron chi connectivity index (χ4n) is 4.84. The van der Waals surface area contributed by atoms with Gasteiger partial charge in [-0.3, -0.25) is 4.79 Å². The molecule has 0 saturated heterocycles. The molecule has 0 aromatic heterocycles. The first-order chi connectivity index (χ1) is 19.2. The van der Waals surface area contributed by atoms with Crippen LogP contribution in [0.15, 0.2) is 162 Å². The molecule has 0 aliphatic carbocycles. The number of hydrogen-bond acceptors (Lipinski definition) is 3. The van der Waals surface area contributed by atoms with Crippen LogP contribution in [0.25, 0.3) is 0 Å². The Morgan fingerprint density at radius 1 is 0.513 bits per heavy atom. The van der Waals surface area contributed by atoms with E-state index in [4.69, 9.17) is 5.10 Å².